The molecule has 0 radical (unpaired) electrons. The lowest BCUT2D eigenvalue weighted by Crippen LogP contribution is -2.35. The summed E-state index contributed by atoms with van der Waals surface area (Å²) in [4.78, 5) is 8.50. The molecule has 0 saturated carbocycles. The quantitative estimate of drug-likeness (QED) is 0.851. The fraction of sp³-hybridized carbons (Fsp3) is 0.467. The second-order valence-corrected chi connectivity index (χ2v) is 5.42. The van der Waals surface area contributed by atoms with Gasteiger partial charge in [-0.05, 0) is 32.0 Å². The van der Waals surface area contributed by atoms with Gasteiger partial charge in [0.2, 0.25) is 5.88 Å². The van der Waals surface area contributed by atoms with E-state index in [1.165, 1.54) is 6.33 Å². The zero-order valence-electron chi connectivity index (χ0n) is 11.7. The van der Waals surface area contributed by atoms with Crippen molar-refractivity contribution in [3.63, 3.8) is 0 Å². The van der Waals surface area contributed by atoms with Crippen LogP contribution in [0.3, 0.4) is 0 Å². The van der Waals surface area contributed by atoms with Crippen LogP contribution in [0.1, 0.15) is 26.7 Å². The number of benzene rings is 1. The number of nitrogens with zero attached hydrogens (tertiary/aromatic N) is 2. The first kappa shape index (κ1) is 13.1. The van der Waals surface area contributed by atoms with Crippen molar-refractivity contribution >= 4 is 16.6 Å². The molecule has 1 aromatic carbocycles. The highest BCUT2D eigenvalue weighted by atomic mass is 16.5. The van der Waals surface area contributed by atoms with Crippen LogP contribution in [0.4, 0.5) is 5.69 Å². The minimum absolute atomic E-state index is 0.119. The standard InChI is InChI=1S/C15H19N3O2/c1-9-5-12(6-10(2)19-9)20-15-13-7-11(16)3-4-14(13)17-8-18-15/h3-4,7-10,12H,5-6,16H2,1-2H3. The van der Waals surface area contributed by atoms with Crippen LogP contribution < -0.4 is 10.5 Å². The van der Waals surface area contributed by atoms with E-state index in [0.29, 0.717) is 11.6 Å². The molecule has 2 N–H and O–H groups in total. The summed E-state index contributed by atoms with van der Waals surface area (Å²) in [5.41, 5.74) is 7.37. The van der Waals surface area contributed by atoms with E-state index in [0.717, 1.165) is 23.7 Å². The van der Waals surface area contributed by atoms with Crippen molar-refractivity contribution < 1.29 is 9.47 Å². The number of ether oxygens (including phenoxy) is 2. The predicted octanol–water partition coefficient (Wildman–Crippen LogP) is 2.55. The first-order valence-corrected chi connectivity index (χ1v) is 6.94. The second kappa shape index (κ2) is 5.25. The van der Waals surface area contributed by atoms with E-state index in [9.17, 15) is 0 Å². The normalized spacial score (nSPS) is 26.6. The van der Waals surface area contributed by atoms with Gasteiger partial charge < -0.3 is 15.2 Å². The Balaban J connectivity index is 1.88. The maximum atomic E-state index is 6.08. The zero-order valence-corrected chi connectivity index (χ0v) is 11.7. The average Bonchev–Trinajstić information content (AvgIpc) is 2.38. The molecule has 1 aliphatic heterocycles. The lowest BCUT2D eigenvalue weighted by molar-refractivity contribution is -0.0726. The highest BCUT2D eigenvalue weighted by Crippen LogP contribution is 2.28. The fourth-order valence-electron chi connectivity index (χ4n) is 2.74. The van der Waals surface area contributed by atoms with E-state index in [2.05, 4.69) is 23.8 Å². The van der Waals surface area contributed by atoms with Gasteiger partial charge in [0.15, 0.2) is 0 Å². The van der Waals surface area contributed by atoms with Crippen LogP contribution in [0.15, 0.2) is 24.5 Å². The summed E-state index contributed by atoms with van der Waals surface area (Å²) in [5, 5.41) is 0.860. The molecule has 0 amide bonds. The van der Waals surface area contributed by atoms with Crippen LogP contribution in [0.5, 0.6) is 5.88 Å². The summed E-state index contributed by atoms with van der Waals surface area (Å²) in [5.74, 6) is 0.605. The van der Waals surface area contributed by atoms with Crippen LogP contribution in [-0.4, -0.2) is 28.3 Å². The molecule has 2 aromatic rings. The second-order valence-electron chi connectivity index (χ2n) is 5.42. The summed E-state index contributed by atoms with van der Waals surface area (Å²) in [6, 6.07) is 5.57. The predicted molar refractivity (Wildman–Crippen MR) is 77.6 cm³/mol. The molecule has 5 heteroatoms. The molecular weight excluding hydrogens is 254 g/mol. The van der Waals surface area contributed by atoms with E-state index in [1.54, 1.807) is 0 Å². The summed E-state index contributed by atoms with van der Waals surface area (Å²) in [6.07, 6.45) is 3.81. The molecule has 1 saturated heterocycles. The Morgan fingerprint density at radius 1 is 1.20 bits per heavy atom. The molecule has 1 aromatic heterocycles. The largest absolute Gasteiger partial charge is 0.474 e. The van der Waals surface area contributed by atoms with Gasteiger partial charge in [-0.2, -0.15) is 0 Å². The third kappa shape index (κ3) is 2.67. The van der Waals surface area contributed by atoms with Crippen molar-refractivity contribution in [1.29, 1.82) is 0 Å². The molecule has 106 valence electrons. The number of hydrogen-bond acceptors (Lipinski definition) is 5. The van der Waals surface area contributed by atoms with Gasteiger partial charge in [-0.15, -0.1) is 0 Å². The Labute approximate surface area is 118 Å². The van der Waals surface area contributed by atoms with E-state index >= 15 is 0 Å². The molecule has 0 bridgehead atoms. The van der Waals surface area contributed by atoms with E-state index < -0.39 is 0 Å². The van der Waals surface area contributed by atoms with E-state index in [-0.39, 0.29) is 18.3 Å². The van der Waals surface area contributed by atoms with Crippen molar-refractivity contribution in [2.24, 2.45) is 0 Å². The molecule has 3 rings (SSSR count). The van der Waals surface area contributed by atoms with Crippen molar-refractivity contribution in [3.8, 4) is 5.88 Å². The number of aromatic nitrogens is 2. The maximum absolute atomic E-state index is 6.08. The summed E-state index contributed by atoms with van der Waals surface area (Å²) in [7, 11) is 0. The topological polar surface area (TPSA) is 70.3 Å². The van der Waals surface area contributed by atoms with Gasteiger partial charge in [0, 0.05) is 18.5 Å². The van der Waals surface area contributed by atoms with Crippen molar-refractivity contribution in [2.45, 2.75) is 45.0 Å². The van der Waals surface area contributed by atoms with Gasteiger partial charge >= 0.3 is 0 Å². The van der Waals surface area contributed by atoms with Crippen molar-refractivity contribution in [3.05, 3.63) is 24.5 Å². The van der Waals surface area contributed by atoms with Crippen LogP contribution >= 0.6 is 0 Å². The molecule has 0 aliphatic carbocycles. The van der Waals surface area contributed by atoms with Gasteiger partial charge in [0.25, 0.3) is 0 Å². The van der Waals surface area contributed by atoms with E-state index in [1.807, 2.05) is 18.2 Å². The summed E-state index contributed by atoms with van der Waals surface area (Å²) < 4.78 is 11.8. The Morgan fingerprint density at radius 2 is 1.95 bits per heavy atom. The number of anilines is 1. The first-order chi connectivity index (χ1) is 9.61. The molecule has 2 heterocycles. The minimum Gasteiger partial charge on any atom is -0.474 e. The monoisotopic (exact) mass is 273 g/mol. The Kier molecular flexibility index (Phi) is 3.44. The SMILES string of the molecule is CC1CC(Oc2ncnc3ccc(N)cc23)CC(C)O1. The lowest BCUT2D eigenvalue weighted by atomic mass is 10.0. The third-order valence-electron chi connectivity index (χ3n) is 3.56. The smallest absolute Gasteiger partial charge is 0.224 e. The molecule has 20 heavy (non-hydrogen) atoms. The van der Waals surface area contributed by atoms with Crippen molar-refractivity contribution in [1.82, 2.24) is 9.97 Å². The zero-order chi connectivity index (χ0) is 14.1. The van der Waals surface area contributed by atoms with Gasteiger partial charge in [0.1, 0.15) is 12.4 Å². The molecule has 1 aliphatic rings. The summed E-state index contributed by atoms with van der Waals surface area (Å²) in [6.45, 7) is 4.14. The molecule has 5 nitrogen and oxygen atoms in total. The van der Waals surface area contributed by atoms with Crippen molar-refractivity contribution in [2.75, 3.05) is 5.73 Å². The Hall–Kier alpha value is -1.88. The van der Waals surface area contributed by atoms with Gasteiger partial charge in [-0.25, -0.2) is 9.97 Å². The van der Waals surface area contributed by atoms with Crippen LogP contribution in [-0.2, 0) is 4.74 Å². The molecule has 0 spiro atoms. The highest BCUT2D eigenvalue weighted by molar-refractivity contribution is 5.86. The molecule has 2 atom stereocenters. The number of nitrogen functional groups attached to an aromatic ring is 1. The van der Waals surface area contributed by atoms with Gasteiger partial charge in [-0.1, -0.05) is 0 Å². The minimum atomic E-state index is 0.119. The van der Waals surface area contributed by atoms with Crippen LogP contribution in [0, 0.1) is 0 Å². The third-order valence-corrected chi connectivity index (χ3v) is 3.56. The molecule has 1 fully saturated rings. The number of hydrogen-bond donors (Lipinski definition) is 1. The summed E-state index contributed by atoms with van der Waals surface area (Å²) >= 11 is 0. The highest BCUT2D eigenvalue weighted by Gasteiger charge is 2.26. The van der Waals surface area contributed by atoms with Crippen LogP contribution in [0.25, 0.3) is 10.9 Å². The average molecular weight is 273 g/mol. The van der Waals surface area contributed by atoms with E-state index in [4.69, 9.17) is 15.2 Å². The van der Waals surface area contributed by atoms with Crippen LogP contribution in [0.2, 0.25) is 0 Å². The maximum Gasteiger partial charge on any atom is 0.224 e. The number of fused-ring (bicyclic) bond motifs is 1. The first-order valence-electron chi connectivity index (χ1n) is 6.94. The molecular formula is C15H19N3O2. The fourth-order valence-corrected chi connectivity index (χ4v) is 2.74. The number of rotatable bonds is 2. The Morgan fingerprint density at radius 3 is 2.70 bits per heavy atom. The molecule has 2 unspecified atom stereocenters. The number of nitrogens with two attached hydrogens (primary N) is 1. The van der Waals surface area contributed by atoms with Gasteiger partial charge in [-0.3, -0.25) is 0 Å². The lowest BCUT2D eigenvalue weighted by Gasteiger charge is -2.32. The van der Waals surface area contributed by atoms with Gasteiger partial charge in [0.05, 0.1) is 23.1 Å². The Bertz CT molecular complexity index is 607.